The van der Waals surface area contributed by atoms with Crippen molar-refractivity contribution in [3.63, 3.8) is 0 Å². The summed E-state index contributed by atoms with van der Waals surface area (Å²) in [6.07, 6.45) is -4.81. The van der Waals surface area contributed by atoms with Crippen molar-refractivity contribution < 1.29 is 13.2 Å². The minimum absolute atomic E-state index is 0.0580. The number of nitrogens with zero attached hydrogens (tertiary/aromatic N) is 1. The van der Waals surface area contributed by atoms with Crippen LogP contribution in [-0.2, 0) is 0 Å². The van der Waals surface area contributed by atoms with Gasteiger partial charge < -0.3 is 5.32 Å². The van der Waals surface area contributed by atoms with E-state index < -0.39 is 12.6 Å². The van der Waals surface area contributed by atoms with Gasteiger partial charge in [0.1, 0.15) is 0 Å². The maximum atomic E-state index is 12.1. The molecule has 0 fully saturated rings. The van der Waals surface area contributed by atoms with Gasteiger partial charge in [-0.1, -0.05) is 0 Å². The molecule has 0 amide bonds. The Morgan fingerprint density at radius 3 is 2.38 bits per heavy atom. The SMILES string of the molecule is CNC(CCC(F)(F)F)c1sc(C)nc1C. The van der Waals surface area contributed by atoms with E-state index in [4.69, 9.17) is 0 Å². The Morgan fingerprint density at radius 1 is 1.38 bits per heavy atom. The van der Waals surface area contributed by atoms with Crippen molar-refractivity contribution in [2.24, 2.45) is 0 Å². The van der Waals surface area contributed by atoms with Crippen LogP contribution in [0.3, 0.4) is 0 Å². The number of alkyl halides is 3. The zero-order valence-corrected chi connectivity index (χ0v) is 10.3. The van der Waals surface area contributed by atoms with Crippen molar-refractivity contribution in [3.05, 3.63) is 15.6 Å². The Bertz CT molecular complexity index is 346. The van der Waals surface area contributed by atoms with Gasteiger partial charge in [0.05, 0.1) is 10.7 Å². The first-order chi connectivity index (χ1) is 7.33. The van der Waals surface area contributed by atoms with Gasteiger partial charge in [0, 0.05) is 17.3 Å². The molecular weight excluding hydrogens is 237 g/mol. The lowest BCUT2D eigenvalue weighted by Gasteiger charge is -2.16. The maximum Gasteiger partial charge on any atom is 0.389 e. The standard InChI is InChI=1S/C10H15F3N2S/c1-6-9(16-7(2)15-6)8(14-3)4-5-10(11,12)13/h8,14H,4-5H2,1-3H3. The molecule has 92 valence electrons. The van der Waals surface area contributed by atoms with Crippen LogP contribution in [0.4, 0.5) is 13.2 Å². The summed E-state index contributed by atoms with van der Waals surface area (Å²) in [6.45, 7) is 3.69. The van der Waals surface area contributed by atoms with E-state index in [0.717, 1.165) is 15.6 Å². The van der Waals surface area contributed by atoms with E-state index in [0.29, 0.717) is 0 Å². The molecule has 0 bridgehead atoms. The fourth-order valence-corrected chi connectivity index (χ4v) is 2.66. The summed E-state index contributed by atoms with van der Waals surface area (Å²) in [5.41, 5.74) is 0.823. The van der Waals surface area contributed by atoms with E-state index in [9.17, 15) is 13.2 Å². The highest BCUT2D eigenvalue weighted by Gasteiger charge is 2.29. The van der Waals surface area contributed by atoms with Crippen LogP contribution in [0.25, 0.3) is 0 Å². The monoisotopic (exact) mass is 252 g/mol. The van der Waals surface area contributed by atoms with E-state index in [-0.39, 0.29) is 12.5 Å². The molecule has 0 radical (unpaired) electrons. The van der Waals surface area contributed by atoms with Gasteiger partial charge in [0.25, 0.3) is 0 Å². The molecule has 0 aliphatic carbocycles. The predicted molar refractivity (Wildman–Crippen MR) is 58.7 cm³/mol. The second-order valence-electron chi connectivity index (χ2n) is 3.68. The third kappa shape index (κ3) is 3.75. The highest BCUT2D eigenvalue weighted by Crippen LogP contribution is 2.31. The minimum Gasteiger partial charge on any atom is -0.312 e. The second-order valence-corrected chi connectivity index (χ2v) is 4.91. The van der Waals surface area contributed by atoms with Gasteiger partial charge in [-0.3, -0.25) is 0 Å². The molecule has 1 rings (SSSR count). The van der Waals surface area contributed by atoms with Gasteiger partial charge in [0.15, 0.2) is 0 Å². The molecule has 1 aromatic rings. The molecule has 2 nitrogen and oxygen atoms in total. The topological polar surface area (TPSA) is 24.9 Å². The molecule has 0 spiro atoms. The zero-order chi connectivity index (χ0) is 12.3. The molecule has 1 aromatic heterocycles. The highest BCUT2D eigenvalue weighted by molar-refractivity contribution is 7.11. The third-order valence-electron chi connectivity index (χ3n) is 2.32. The molecule has 0 aliphatic heterocycles. The molecule has 1 atom stereocenters. The fourth-order valence-electron chi connectivity index (χ4n) is 1.58. The van der Waals surface area contributed by atoms with Gasteiger partial charge in [-0.05, 0) is 27.3 Å². The first-order valence-electron chi connectivity index (χ1n) is 5.01. The van der Waals surface area contributed by atoms with Crippen LogP contribution in [0.5, 0.6) is 0 Å². The van der Waals surface area contributed by atoms with E-state index in [1.165, 1.54) is 11.3 Å². The van der Waals surface area contributed by atoms with Crippen LogP contribution in [0, 0.1) is 13.8 Å². The molecule has 0 saturated carbocycles. The fraction of sp³-hybridized carbons (Fsp3) is 0.700. The Morgan fingerprint density at radius 2 is 2.00 bits per heavy atom. The Hall–Kier alpha value is -0.620. The summed E-state index contributed by atoms with van der Waals surface area (Å²) in [6, 6.07) is -0.257. The molecule has 0 aliphatic rings. The van der Waals surface area contributed by atoms with Crippen LogP contribution in [0.2, 0.25) is 0 Å². The van der Waals surface area contributed by atoms with Crippen molar-refractivity contribution in [1.82, 2.24) is 10.3 Å². The lowest BCUT2D eigenvalue weighted by molar-refractivity contribution is -0.136. The van der Waals surface area contributed by atoms with E-state index in [1.807, 2.05) is 13.8 Å². The average Bonchev–Trinajstić information content (AvgIpc) is 2.45. The summed E-state index contributed by atoms with van der Waals surface area (Å²) < 4.78 is 36.4. The van der Waals surface area contributed by atoms with E-state index in [2.05, 4.69) is 10.3 Å². The number of hydrogen-bond donors (Lipinski definition) is 1. The van der Waals surface area contributed by atoms with Crippen LogP contribution in [0.1, 0.15) is 34.5 Å². The lowest BCUT2D eigenvalue weighted by Crippen LogP contribution is -2.19. The average molecular weight is 252 g/mol. The summed E-state index contributed by atoms with van der Waals surface area (Å²) in [5.74, 6) is 0. The van der Waals surface area contributed by atoms with Gasteiger partial charge in [-0.2, -0.15) is 13.2 Å². The Labute approximate surface area is 96.9 Å². The number of halogens is 3. The maximum absolute atomic E-state index is 12.1. The molecular formula is C10H15F3N2S. The normalized spacial score (nSPS) is 14.1. The summed E-state index contributed by atoms with van der Waals surface area (Å²) in [5, 5.41) is 3.80. The summed E-state index contributed by atoms with van der Waals surface area (Å²) in [7, 11) is 1.68. The third-order valence-corrected chi connectivity index (χ3v) is 3.51. The largest absolute Gasteiger partial charge is 0.389 e. The van der Waals surface area contributed by atoms with Gasteiger partial charge in [-0.15, -0.1) is 11.3 Å². The number of rotatable bonds is 4. The van der Waals surface area contributed by atoms with Gasteiger partial charge in [-0.25, -0.2) is 4.98 Å². The highest BCUT2D eigenvalue weighted by atomic mass is 32.1. The van der Waals surface area contributed by atoms with Crippen molar-refractivity contribution in [1.29, 1.82) is 0 Å². The Kier molecular flexibility index (Phi) is 4.32. The summed E-state index contributed by atoms with van der Waals surface area (Å²) >= 11 is 1.46. The summed E-state index contributed by atoms with van der Waals surface area (Å²) in [4.78, 5) is 5.13. The Balaban J connectivity index is 2.71. The first-order valence-corrected chi connectivity index (χ1v) is 5.83. The number of aromatic nitrogens is 1. The quantitative estimate of drug-likeness (QED) is 0.888. The molecule has 0 aromatic carbocycles. The van der Waals surface area contributed by atoms with Crippen LogP contribution in [-0.4, -0.2) is 18.2 Å². The first kappa shape index (κ1) is 13.4. The second kappa shape index (κ2) is 5.14. The number of thiazole rings is 1. The van der Waals surface area contributed by atoms with Crippen molar-refractivity contribution in [2.75, 3.05) is 7.05 Å². The van der Waals surface area contributed by atoms with Crippen molar-refractivity contribution >= 4 is 11.3 Å². The van der Waals surface area contributed by atoms with Gasteiger partial charge in [0.2, 0.25) is 0 Å². The molecule has 1 unspecified atom stereocenters. The van der Waals surface area contributed by atoms with Crippen molar-refractivity contribution in [3.8, 4) is 0 Å². The predicted octanol–water partition coefficient (Wildman–Crippen LogP) is 3.36. The van der Waals surface area contributed by atoms with Gasteiger partial charge >= 0.3 is 6.18 Å². The molecule has 1 N–H and O–H groups in total. The molecule has 0 saturated heterocycles. The van der Waals surface area contributed by atoms with Crippen molar-refractivity contribution in [2.45, 2.75) is 38.9 Å². The number of aryl methyl sites for hydroxylation is 2. The van der Waals surface area contributed by atoms with E-state index >= 15 is 0 Å². The zero-order valence-electron chi connectivity index (χ0n) is 9.48. The smallest absolute Gasteiger partial charge is 0.312 e. The van der Waals surface area contributed by atoms with E-state index in [1.54, 1.807) is 7.05 Å². The van der Waals surface area contributed by atoms with Crippen LogP contribution >= 0.6 is 11.3 Å². The molecule has 6 heteroatoms. The van der Waals surface area contributed by atoms with Crippen LogP contribution in [0.15, 0.2) is 0 Å². The number of hydrogen-bond acceptors (Lipinski definition) is 3. The molecule has 1 heterocycles. The lowest BCUT2D eigenvalue weighted by atomic mass is 10.1. The number of nitrogens with one attached hydrogen (secondary N) is 1. The minimum atomic E-state index is -4.09. The molecule has 16 heavy (non-hydrogen) atoms. The van der Waals surface area contributed by atoms with Crippen LogP contribution < -0.4 is 5.32 Å².